The molecule has 75 valence electrons. The topological polar surface area (TPSA) is 0 Å². The van der Waals surface area contributed by atoms with Crippen molar-refractivity contribution in [2.45, 2.75) is 6.92 Å². The Morgan fingerprint density at radius 3 is 2.33 bits per heavy atom. The lowest BCUT2D eigenvalue weighted by Crippen LogP contribution is -1.90. The van der Waals surface area contributed by atoms with Crippen LogP contribution in [0.1, 0.15) is 5.56 Å². The second-order valence-electron chi connectivity index (χ2n) is 3.34. The van der Waals surface area contributed by atoms with Crippen LogP contribution in [0.5, 0.6) is 0 Å². The number of halogens is 2. The lowest BCUT2D eigenvalue weighted by atomic mass is 10.0. The van der Waals surface area contributed by atoms with Crippen molar-refractivity contribution in [2.75, 3.05) is 0 Å². The predicted octanol–water partition coefficient (Wildman–Crippen LogP) is 3.74. The molecule has 2 heteroatoms. The average Bonchev–Trinajstić information content (AvgIpc) is 2.26. The molecule has 0 aliphatic rings. The lowest BCUT2D eigenvalue weighted by Gasteiger charge is -2.04. The summed E-state index contributed by atoms with van der Waals surface area (Å²) < 4.78 is 26.5. The van der Waals surface area contributed by atoms with E-state index in [4.69, 9.17) is 0 Å². The molecule has 0 fully saturated rings. The van der Waals surface area contributed by atoms with Crippen molar-refractivity contribution in [3.8, 4) is 11.1 Å². The molecule has 0 unspecified atom stereocenters. The molecule has 0 amide bonds. The minimum atomic E-state index is -0.631. The standard InChI is InChI=1S/C13H9F2/c1-9-12(14)7-11(8-13(9)15)10-5-3-2-4-6-10/h2-7H,1H3. The van der Waals surface area contributed by atoms with Gasteiger partial charge in [0, 0.05) is 11.6 Å². The van der Waals surface area contributed by atoms with Gasteiger partial charge in [-0.25, -0.2) is 8.78 Å². The lowest BCUT2D eigenvalue weighted by molar-refractivity contribution is 0.567. The fraction of sp³-hybridized carbons (Fsp3) is 0.0769. The quantitative estimate of drug-likeness (QED) is 0.662. The van der Waals surface area contributed by atoms with Gasteiger partial charge in [-0.2, -0.15) is 0 Å². The van der Waals surface area contributed by atoms with E-state index in [0.29, 0.717) is 5.56 Å². The van der Waals surface area contributed by atoms with E-state index in [1.165, 1.54) is 13.0 Å². The Morgan fingerprint density at radius 2 is 1.73 bits per heavy atom. The minimum Gasteiger partial charge on any atom is -0.207 e. The van der Waals surface area contributed by atoms with E-state index in [-0.39, 0.29) is 5.56 Å². The third-order valence-corrected chi connectivity index (χ3v) is 2.29. The molecule has 15 heavy (non-hydrogen) atoms. The van der Waals surface area contributed by atoms with Crippen LogP contribution in [-0.2, 0) is 0 Å². The highest BCUT2D eigenvalue weighted by Crippen LogP contribution is 2.22. The van der Waals surface area contributed by atoms with Crippen molar-refractivity contribution >= 4 is 0 Å². The van der Waals surface area contributed by atoms with Crippen molar-refractivity contribution in [1.29, 1.82) is 0 Å². The highest BCUT2D eigenvalue weighted by molar-refractivity contribution is 5.63. The van der Waals surface area contributed by atoms with E-state index in [2.05, 4.69) is 6.07 Å². The highest BCUT2D eigenvalue weighted by Gasteiger charge is 2.08. The summed E-state index contributed by atoms with van der Waals surface area (Å²) in [4.78, 5) is 0. The average molecular weight is 203 g/mol. The first kappa shape index (κ1) is 9.84. The molecule has 0 saturated heterocycles. The molecule has 0 heterocycles. The van der Waals surface area contributed by atoms with Gasteiger partial charge in [-0.1, -0.05) is 30.3 Å². The maximum Gasteiger partial charge on any atom is 0.137 e. The Hall–Kier alpha value is -1.70. The molecule has 0 bridgehead atoms. The first-order chi connectivity index (χ1) is 7.18. The monoisotopic (exact) mass is 203 g/mol. The van der Waals surface area contributed by atoms with Gasteiger partial charge in [0.25, 0.3) is 0 Å². The van der Waals surface area contributed by atoms with E-state index in [1.807, 2.05) is 18.2 Å². The van der Waals surface area contributed by atoms with Gasteiger partial charge in [0.15, 0.2) is 0 Å². The zero-order valence-corrected chi connectivity index (χ0v) is 8.22. The van der Waals surface area contributed by atoms with Gasteiger partial charge in [-0.3, -0.25) is 0 Å². The summed E-state index contributed by atoms with van der Waals surface area (Å²) in [5.41, 5.74) is 1.21. The van der Waals surface area contributed by atoms with Gasteiger partial charge in [0.05, 0.1) is 0 Å². The van der Waals surface area contributed by atoms with Gasteiger partial charge >= 0.3 is 0 Å². The van der Waals surface area contributed by atoms with Crippen molar-refractivity contribution < 1.29 is 8.78 Å². The van der Waals surface area contributed by atoms with E-state index in [0.717, 1.165) is 5.56 Å². The number of hydrogen-bond donors (Lipinski definition) is 0. The Kier molecular flexibility index (Phi) is 2.50. The van der Waals surface area contributed by atoms with Crippen LogP contribution in [0.2, 0.25) is 0 Å². The maximum atomic E-state index is 13.3. The zero-order chi connectivity index (χ0) is 10.8. The van der Waals surface area contributed by atoms with Crippen LogP contribution >= 0.6 is 0 Å². The first-order valence-electron chi connectivity index (χ1n) is 4.62. The van der Waals surface area contributed by atoms with Crippen LogP contribution in [0.4, 0.5) is 8.78 Å². The van der Waals surface area contributed by atoms with Crippen molar-refractivity contribution in [1.82, 2.24) is 0 Å². The predicted molar refractivity (Wildman–Crippen MR) is 55.4 cm³/mol. The second-order valence-corrected chi connectivity index (χ2v) is 3.34. The fourth-order valence-electron chi connectivity index (χ4n) is 1.36. The molecule has 0 aromatic heterocycles. The first-order valence-corrected chi connectivity index (χ1v) is 4.62. The largest absolute Gasteiger partial charge is 0.207 e. The number of hydrogen-bond acceptors (Lipinski definition) is 0. The summed E-state index contributed by atoms with van der Waals surface area (Å²) >= 11 is 0. The molecular formula is C13H9F2. The van der Waals surface area contributed by atoms with Gasteiger partial charge in [-0.15, -0.1) is 0 Å². The molecule has 0 aliphatic heterocycles. The Morgan fingerprint density at radius 1 is 1.07 bits per heavy atom. The molecule has 0 atom stereocenters. The Labute approximate surface area is 87.2 Å². The van der Waals surface area contributed by atoms with Crippen LogP contribution < -0.4 is 0 Å². The minimum absolute atomic E-state index is 0.00896. The SMILES string of the molecule is Cc1c(F)[c]c(-c2ccccc2)cc1F. The van der Waals surface area contributed by atoms with Crippen LogP contribution in [-0.4, -0.2) is 0 Å². The van der Waals surface area contributed by atoms with E-state index in [9.17, 15) is 8.78 Å². The Balaban J connectivity index is 2.56. The summed E-state index contributed by atoms with van der Waals surface area (Å²) in [5.74, 6) is -1.17. The summed E-state index contributed by atoms with van der Waals surface area (Å²) in [6.45, 7) is 1.40. The van der Waals surface area contributed by atoms with Crippen LogP contribution in [0.3, 0.4) is 0 Å². The number of rotatable bonds is 1. The molecule has 2 aromatic carbocycles. The van der Waals surface area contributed by atoms with Gasteiger partial charge < -0.3 is 0 Å². The molecule has 0 nitrogen and oxygen atoms in total. The molecule has 0 N–H and O–H groups in total. The van der Waals surface area contributed by atoms with Gasteiger partial charge in [0.2, 0.25) is 0 Å². The second kappa shape index (κ2) is 3.81. The third-order valence-electron chi connectivity index (χ3n) is 2.29. The van der Waals surface area contributed by atoms with Crippen LogP contribution in [0.25, 0.3) is 11.1 Å². The van der Waals surface area contributed by atoms with Crippen LogP contribution in [0, 0.1) is 24.6 Å². The molecule has 2 rings (SSSR count). The van der Waals surface area contributed by atoms with Crippen molar-refractivity contribution in [2.24, 2.45) is 0 Å². The highest BCUT2D eigenvalue weighted by atomic mass is 19.1. The van der Waals surface area contributed by atoms with Crippen molar-refractivity contribution in [3.05, 3.63) is 59.7 Å². The zero-order valence-electron chi connectivity index (χ0n) is 8.22. The van der Waals surface area contributed by atoms with Crippen molar-refractivity contribution in [3.63, 3.8) is 0 Å². The smallest absolute Gasteiger partial charge is 0.137 e. The van der Waals surface area contributed by atoms with Gasteiger partial charge in [0.1, 0.15) is 11.6 Å². The number of benzene rings is 2. The fourth-order valence-corrected chi connectivity index (χ4v) is 1.36. The van der Waals surface area contributed by atoms with E-state index >= 15 is 0 Å². The summed E-state index contributed by atoms with van der Waals surface area (Å²) in [6, 6.07) is 12.9. The van der Waals surface area contributed by atoms with Gasteiger partial charge in [-0.05, 0) is 24.1 Å². The van der Waals surface area contributed by atoms with E-state index < -0.39 is 11.6 Å². The van der Waals surface area contributed by atoms with Crippen LogP contribution in [0.15, 0.2) is 36.4 Å². The molecule has 0 spiro atoms. The summed E-state index contributed by atoms with van der Waals surface area (Å²) in [5, 5.41) is 0. The summed E-state index contributed by atoms with van der Waals surface area (Å²) in [6.07, 6.45) is 0. The Bertz CT molecular complexity index is 452. The third kappa shape index (κ3) is 1.89. The molecule has 1 radical (unpaired) electrons. The molecular weight excluding hydrogens is 194 g/mol. The maximum absolute atomic E-state index is 13.3. The molecule has 0 aliphatic carbocycles. The molecule has 0 saturated carbocycles. The molecule has 2 aromatic rings. The summed E-state index contributed by atoms with van der Waals surface area (Å²) in [7, 11) is 0. The van der Waals surface area contributed by atoms with E-state index in [1.54, 1.807) is 12.1 Å². The normalized spacial score (nSPS) is 10.3.